The first-order chi connectivity index (χ1) is 7.77. The lowest BCUT2D eigenvalue weighted by atomic mass is 9.97. The lowest BCUT2D eigenvalue weighted by molar-refractivity contribution is -0.385. The fourth-order valence-corrected chi connectivity index (χ4v) is 1.70. The summed E-state index contributed by atoms with van der Waals surface area (Å²) in [4.78, 5) is 31.7. The summed E-state index contributed by atoms with van der Waals surface area (Å²) in [6.07, 6.45) is 0. The molecule has 0 aromatic heterocycles. The van der Waals surface area contributed by atoms with Gasteiger partial charge in [0.05, 0.1) is 10.5 Å². The fraction of sp³-hybridized carbons (Fsp3) is 0.200. The van der Waals surface area contributed by atoms with Crippen LogP contribution < -0.4 is 0 Å². The Bertz CT molecular complexity index is 534. The van der Waals surface area contributed by atoms with E-state index in [4.69, 9.17) is 10.2 Å². The molecule has 0 unspecified atom stereocenters. The van der Waals surface area contributed by atoms with Crippen molar-refractivity contribution in [2.24, 2.45) is 0 Å². The maximum atomic E-state index is 10.9. The summed E-state index contributed by atoms with van der Waals surface area (Å²) >= 11 is 0. The van der Waals surface area contributed by atoms with Crippen molar-refractivity contribution in [2.45, 2.75) is 13.8 Å². The molecule has 17 heavy (non-hydrogen) atoms. The summed E-state index contributed by atoms with van der Waals surface area (Å²) < 4.78 is 0. The molecule has 0 saturated heterocycles. The van der Waals surface area contributed by atoms with Gasteiger partial charge in [0.1, 0.15) is 5.56 Å². The molecule has 0 aliphatic heterocycles. The van der Waals surface area contributed by atoms with E-state index in [9.17, 15) is 19.7 Å². The van der Waals surface area contributed by atoms with Gasteiger partial charge in [-0.15, -0.1) is 0 Å². The average molecular weight is 239 g/mol. The van der Waals surface area contributed by atoms with Crippen LogP contribution in [0.3, 0.4) is 0 Å². The van der Waals surface area contributed by atoms with Gasteiger partial charge in [-0.2, -0.15) is 0 Å². The van der Waals surface area contributed by atoms with Crippen molar-refractivity contribution < 1.29 is 24.7 Å². The number of carboxylic acids is 2. The normalized spacial score (nSPS) is 10.0. The van der Waals surface area contributed by atoms with E-state index < -0.39 is 28.1 Å². The van der Waals surface area contributed by atoms with Gasteiger partial charge in [0, 0.05) is 5.56 Å². The Balaban J connectivity index is 3.76. The molecule has 1 aromatic carbocycles. The number of carbonyl (C=O) groups is 2. The zero-order chi connectivity index (χ0) is 13.3. The number of nitro groups is 1. The summed E-state index contributed by atoms with van der Waals surface area (Å²) in [6.45, 7) is 2.62. The molecule has 90 valence electrons. The van der Waals surface area contributed by atoms with Crippen LogP contribution in [0.25, 0.3) is 0 Å². The van der Waals surface area contributed by atoms with E-state index in [1.54, 1.807) is 0 Å². The van der Waals surface area contributed by atoms with Crippen LogP contribution >= 0.6 is 0 Å². The van der Waals surface area contributed by atoms with E-state index in [0.717, 1.165) is 6.07 Å². The van der Waals surface area contributed by atoms with Gasteiger partial charge in [-0.25, -0.2) is 9.59 Å². The van der Waals surface area contributed by atoms with Crippen molar-refractivity contribution >= 4 is 17.6 Å². The molecule has 0 aliphatic rings. The monoisotopic (exact) mass is 239 g/mol. The SMILES string of the molecule is Cc1cc(C(=O)O)c([N+](=O)[O-])c(C)c1C(=O)O. The number of carboxylic acid groups (broad SMARTS) is 2. The Morgan fingerprint density at radius 3 is 2.12 bits per heavy atom. The van der Waals surface area contributed by atoms with Gasteiger partial charge in [0.2, 0.25) is 0 Å². The van der Waals surface area contributed by atoms with Crippen LogP contribution in [0.5, 0.6) is 0 Å². The third kappa shape index (κ3) is 2.07. The number of hydrogen-bond donors (Lipinski definition) is 2. The Morgan fingerprint density at radius 2 is 1.76 bits per heavy atom. The molecule has 1 rings (SSSR count). The van der Waals surface area contributed by atoms with Crippen molar-refractivity contribution in [1.29, 1.82) is 0 Å². The van der Waals surface area contributed by atoms with Gasteiger partial charge >= 0.3 is 11.9 Å². The highest BCUT2D eigenvalue weighted by atomic mass is 16.6. The molecule has 0 bridgehead atoms. The highest BCUT2D eigenvalue weighted by Gasteiger charge is 2.28. The molecule has 0 amide bonds. The highest BCUT2D eigenvalue weighted by molar-refractivity contribution is 5.99. The smallest absolute Gasteiger partial charge is 0.342 e. The van der Waals surface area contributed by atoms with Crippen LogP contribution in [0, 0.1) is 24.0 Å². The maximum Gasteiger partial charge on any atom is 0.342 e. The number of aromatic carboxylic acids is 2. The molecule has 7 nitrogen and oxygen atoms in total. The number of benzene rings is 1. The number of nitrogens with zero attached hydrogens (tertiary/aromatic N) is 1. The van der Waals surface area contributed by atoms with E-state index in [0.29, 0.717) is 0 Å². The van der Waals surface area contributed by atoms with E-state index in [1.165, 1.54) is 13.8 Å². The van der Waals surface area contributed by atoms with E-state index >= 15 is 0 Å². The van der Waals surface area contributed by atoms with E-state index in [-0.39, 0.29) is 16.7 Å². The van der Waals surface area contributed by atoms with Gasteiger partial charge in [-0.1, -0.05) is 0 Å². The highest BCUT2D eigenvalue weighted by Crippen LogP contribution is 2.29. The van der Waals surface area contributed by atoms with Crippen LogP contribution in [-0.2, 0) is 0 Å². The van der Waals surface area contributed by atoms with Gasteiger partial charge in [0.25, 0.3) is 5.69 Å². The van der Waals surface area contributed by atoms with Crippen LogP contribution in [0.1, 0.15) is 31.8 Å². The summed E-state index contributed by atoms with van der Waals surface area (Å²) in [6, 6.07) is 0.997. The lowest BCUT2D eigenvalue weighted by Crippen LogP contribution is -2.11. The molecule has 0 heterocycles. The van der Waals surface area contributed by atoms with E-state index in [1.807, 2.05) is 0 Å². The van der Waals surface area contributed by atoms with Crippen LogP contribution in [0.4, 0.5) is 5.69 Å². The summed E-state index contributed by atoms with van der Waals surface area (Å²) in [5.41, 5.74) is -1.39. The third-order valence-electron chi connectivity index (χ3n) is 2.37. The van der Waals surface area contributed by atoms with Crippen LogP contribution in [-0.4, -0.2) is 27.1 Å². The van der Waals surface area contributed by atoms with Crippen molar-refractivity contribution in [3.05, 3.63) is 38.4 Å². The van der Waals surface area contributed by atoms with Crippen LogP contribution in [0.2, 0.25) is 0 Å². The van der Waals surface area contributed by atoms with Crippen molar-refractivity contribution in [2.75, 3.05) is 0 Å². The standard InChI is InChI=1S/C10H9NO6/c1-4-3-6(9(12)13)8(11(16)17)5(2)7(4)10(14)15/h3H,1-2H3,(H,12,13)(H,14,15). The summed E-state index contributed by atoms with van der Waals surface area (Å²) in [5, 5.41) is 28.5. The average Bonchev–Trinajstić information content (AvgIpc) is 2.14. The number of aryl methyl sites for hydroxylation is 1. The molecule has 7 heteroatoms. The number of rotatable bonds is 3. The lowest BCUT2D eigenvalue weighted by Gasteiger charge is -2.08. The first kappa shape index (κ1) is 12.6. The Labute approximate surface area is 95.5 Å². The molecular formula is C10H9NO6. The predicted octanol–water partition coefficient (Wildman–Crippen LogP) is 1.61. The first-order valence-corrected chi connectivity index (χ1v) is 4.52. The number of nitro benzene ring substituents is 1. The molecule has 2 N–H and O–H groups in total. The van der Waals surface area contributed by atoms with E-state index in [2.05, 4.69) is 0 Å². The minimum atomic E-state index is -1.46. The fourth-order valence-electron chi connectivity index (χ4n) is 1.70. The summed E-state index contributed by atoms with van der Waals surface area (Å²) in [5.74, 6) is -2.78. The quantitative estimate of drug-likeness (QED) is 0.611. The second kappa shape index (κ2) is 4.20. The number of hydrogen-bond acceptors (Lipinski definition) is 4. The zero-order valence-corrected chi connectivity index (χ0v) is 9.05. The van der Waals surface area contributed by atoms with Gasteiger partial charge in [-0.05, 0) is 25.5 Å². The zero-order valence-electron chi connectivity index (χ0n) is 9.05. The second-order valence-electron chi connectivity index (χ2n) is 3.46. The molecule has 0 spiro atoms. The van der Waals surface area contributed by atoms with Crippen molar-refractivity contribution in [1.82, 2.24) is 0 Å². The molecule has 1 aromatic rings. The van der Waals surface area contributed by atoms with Gasteiger partial charge < -0.3 is 10.2 Å². The minimum Gasteiger partial charge on any atom is -0.478 e. The van der Waals surface area contributed by atoms with Gasteiger partial charge in [-0.3, -0.25) is 10.1 Å². The molecule has 0 atom stereocenters. The molecule has 0 aliphatic carbocycles. The van der Waals surface area contributed by atoms with Crippen molar-refractivity contribution in [3.63, 3.8) is 0 Å². The minimum absolute atomic E-state index is 0.153. The second-order valence-corrected chi connectivity index (χ2v) is 3.46. The molecule has 0 saturated carbocycles. The predicted molar refractivity (Wildman–Crippen MR) is 56.5 cm³/mol. The Hall–Kier alpha value is -2.44. The Kier molecular flexibility index (Phi) is 3.12. The van der Waals surface area contributed by atoms with Gasteiger partial charge in [0.15, 0.2) is 0 Å². The van der Waals surface area contributed by atoms with Crippen LogP contribution in [0.15, 0.2) is 6.07 Å². The molecule has 0 radical (unpaired) electrons. The van der Waals surface area contributed by atoms with Crippen molar-refractivity contribution in [3.8, 4) is 0 Å². The molecule has 0 fully saturated rings. The topological polar surface area (TPSA) is 118 Å². The maximum absolute atomic E-state index is 10.9. The Morgan fingerprint density at radius 1 is 1.24 bits per heavy atom. The molecular weight excluding hydrogens is 230 g/mol. The third-order valence-corrected chi connectivity index (χ3v) is 2.37. The largest absolute Gasteiger partial charge is 0.478 e. The summed E-state index contributed by atoms with van der Waals surface area (Å²) in [7, 11) is 0. The first-order valence-electron chi connectivity index (χ1n) is 4.52.